The van der Waals surface area contributed by atoms with Crippen molar-refractivity contribution in [2.45, 2.75) is 34.6 Å². The van der Waals surface area contributed by atoms with Crippen molar-refractivity contribution < 1.29 is 13.9 Å². The first-order valence-corrected chi connectivity index (χ1v) is 7.36. The van der Waals surface area contributed by atoms with Crippen molar-refractivity contribution in [3.8, 4) is 0 Å². The first kappa shape index (κ1) is 17.8. The molecule has 0 aliphatic rings. The van der Waals surface area contributed by atoms with Crippen molar-refractivity contribution in [1.29, 1.82) is 0 Å². The molecular weight excluding hydrogens is 276 g/mol. The smallest absolute Gasteiger partial charge is 0.330 e. The largest absolute Gasteiger partial charge is 0.469 e. The lowest BCUT2D eigenvalue weighted by atomic mass is 10.1. The Bertz CT molecular complexity index is 606. The highest BCUT2D eigenvalue weighted by Crippen LogP contribution is 2.17. The van der Waals surface area contributed by atoms with E-state index in [1.807, 2.05) is 52.0 Å². The number of allylic oxidation sites excluding steroid dienone is 6. The van der Waals surface area contributed by atoms with Crippen LogP contribution < -0.4 is 0 Å². The molecule has 3 heteroatoms. The summed E-state index contributed by atoms with van der Waals surface area (Å²) in [6, 6.07) is 0. The standard InChI is InChI=1S/C19H24O3/c1-6-21-19(20)12-15(3)9-7-8-14(2)10-11-18-16(4)13-22-17(18)5/h7-13H,6H2,1-5H3/b9-7+,11-10-,14-8+,15-12+. The Kier molecular flexibility index (Phi) is 7.17. The fourth-order valence-electron chi connectivity index (χ4n) is 1.87. The Balaban J connectivity index is 2.66. The van der Waals surface area contributed by atoms with Crippen LogP contribution in [0, 0.1) is 13.8 Å². The number of esters is 1. The fourth-order valence-corrected chi connectivity index (χ4v) is 1.87. The highest BCUT2D eigenvalue weighted by atomic mass is 16.5. The van der Waals surface area contributed by atoms with Gasteiger partial charge in [0.05, 0.1) is 12.9 Å². The van der Waals surface area contributed by atoms with Crippen LogP contribution in [-0.4, -0.2) is 12.6 Å². The van der Waals surface area contributed by atoms with E-state index >= 15 is 0 Å². The van der Waals surface area contributed by atoms with Crippen LogP contribution >= 0.6 is 0 Å². The van der Waals surface area contributed by atoms with E-state index in [2.05, 4.69) is 6.08 Å². The number of carbonyl (C=O) groups excluding carboxylic acids is 1. The van der Waals surface area contributed by atoms with Crippen molar-refractivity contribution in [2.75, 3.05) is 6.61 Å². The molecule has 1 aromatic heterocycles. The molecular formula is C19H24O3. The van der Waals surface area contributed by atoms with Gasteiger partial charge in [-0.3, -0.25) is 0 Å². The van der Waals surface area contributed by atoms with Crippen LogP contribution in [0.15, 0.2) is 52.2 Å². The van der Waals surface area contributed by atoms with Crippen molar-refractivity contribution in [3.63, 3.8) is 0 Å². The van der Waals surface area contributed by atoms with Gasteiger partial charge in [0, 0.05) is 11.6 Å². The van der Waals surface area contributed by atoms with Gasteiger partial charge < -0.3 is 9.15 Å². The molecule has 0 fully saturated rings. The van der Waals surface area contributed by atoms with Crippen LogP contribution in [0.5, 0.6) is 0 Å². The third-order valence-corrected chi connectivity index (χ3v) is 3.08. The summed E-state index contributed by atoms with van der Waals surface area (Å²) in [7, 11) is 0. The zero-order valence-corrected chi connectivity index (χ0v) is 14.0. The Morgan fingerprint density at radius 2 is 1.95 bits per heavy atom. The van der Waals surface area contributed by atoms with Gasteiger partial charge in [0.15, 0.2) is 0 Å². The number of ether oxygens (including phenoxy) is 1. The van der Waals surface area contributed by atoms with Gasteiger partial charge in [-0.05, 0) is 45.8 Å². The van der Waals surface area contributed by atoms with Crippen LogP contribution in [0.3, 0.4) is 0 Å². The Morgan fingerprint density at radius 1 is 1.23 bits per heavy atom. The molecule has 3 nitrogen and oxygen atoms in total. The van der Waals surface area contributed by atoms with Gasteiger partial charge in [0.25, 0.3) is 0 Å². The molecule has 0 saturated heterocycles. The number of hydrogen-bond donors (Lipinski definition) is 0. The van der Waals surface area contributed by atoms with Crippen molar-refractivity contribution in [3.05, 3.63) is 64.7 Å². The van der Waals surface area contributed by atoms with Gasteiger partial charge in [-0.2, -0.15) is 0 Å². The zero-order valence-electron chi connectivity index (χ0n) is 14.0. The molecule has 0 aliphatic carbocycles. The normalized spacial score (nSPS) is 13.3. The lowest BCUT2D eigenvalue weighted by Crippen LogP contribution is -1.99. The summed E-state index contributed by atoms with van der Waals surface area (Å²) in [4.78, 5) is 11.3. The van der Waals surface area contributed by atoms with Crippen molar-refractivity contribution in [1.82, 2.24) is 0 Å². The van der Waals surface area contributed by atoms with E-state index in [4.69, 9.17) is 9.15 Å². The quantitative estimate of drug-likeness (QED) is 0.425. The minimum absolute atomic E-state index is 0.309. The summed E-state index contributed by atoms with van der Waals surface area (Å²) in [5, 5.41) is 0. The van der Waals surface area contributed by atoms with E-state index < -0.39 is 0 Å². The second kappa shape index (κ2) is 8.88. The average molecular weight is 300 g/mol. The van der Waals surface area contributed by atoms with E-state index in [0.717, 1.165) is 28.0 Å². The first-order valence-electron chi connectivity index (χ1n) is 7.36. The molecule has 0 aliphatic heterocycles. The molecule has 1 rings (SSSR count). The molecule has 22 heavy (non-hydrogen) atoms. The molecule has 0 unspecified atom stereocenters. The Hall–Kier alpha value is -2.29. The molecule has 0 saturated carbocycles. The number of rotatable bonds is 6. The number of aryl methyl sites for hydroxylation is 2. The van der Waals surface area contributed by atoms with Gasteiger partial charge in [0.1, 0.15) is 5.76 Å². The average Bonchev–Trinajstić information content (AvgIpc) is 2.76. The van der Waals surface area contributed by atoms with Crippen molar-refractivity contribution in [2.24, 2.45) is 0 Å². The summed E-state index contributed by atoms with van der Waals surface area (Å²) < 4.78 is 10.2. The number of carbonyl (C=O) groups is 1. The summed E-state index contributed by atoms with van der Waals surface area (Å²) in [6.45, 7) is 10.1. The second-order valence-electron chi connectivity index (χ2n) is 5.13. The van der Waals surface area contributed by atoms with Crippen LogP contribution in [-0.2, 0) is 9.53 Å². The minimum Gasteiger partial charge on any atom is -0.469 e. The Labute approximate surface area is 132 Å². The summed E-state index contributed by atoms with van der Waals surface area (Å²) in [5.41, 5.74) is 4.22. The predicted octanol–water partition coefficient (Wildman–Crippen LogP) is 4.92. The van der Waals surface area contributed by atoms with Gasteiger partial charge in [-0.25, -0.2) is 4.79 Å². The van der Waals surface area contributed by atoms with E-state index in [1.54, 1.807) is 13.2 Å². The maximum atomic E-state index is 11.3. The SMILES string of the molecule is CCOC(=O)/C=C(C)/C=C/C=C(C)/C=C\c1c(C)coc1C. The van der Waals surface area contributed by atoms with Crippen LogP contribution in [0.1, 0.15) is 37.7 Å². The summed E-state index contributed by atoms with van der Waals surface area (Å²) >= 11 is 0. The molecule has 0 radical (unpaired) electrons. The maximum absolute atomic E-state index is 11.3. The van der Waals surface area contributed by atoms with E-state index in [0.29, 0.717) is 6.61 Å². The molecule has 0 atom stereocenters. The second-order valence-corrected chi connectivity index (χ2v) is 5.13. The van der Waals surface area contributed by atoms with E-state index in [-0.39, 0.29) is 5.97 Å². The van der Waals surface area contributed by atoms with Gasteiger partial charge in [0.2, 0.25) is 0 Å². The lowest BCUT2D eigenvalue weighted by molar-refractivity contribution is -0.137. The van der Waals surface area contributed by atoms with Gasteiger partial charge >= 0.3 is 5.97 Å². The van der Waals surface area contributed by atoms with Crippen LogP contribution in [0.25, 0.3) is 6.08 Å². The van der Waals surface area contributed by atoms with Crippen LogP contribution in [0.4, 0.5) is 0 Å². The topological polar surface area (TPSA) is 39.4 Å². The summed E-state index contributed by atoms with van der Waals surface area (Å²) in [6.07, 6.45) is 13.1. The molecule has 0 bridgehead atoms. The number of hydrogen-bond acceptors (Lipinski definition) is 3. The van der Waals surface area contributed by atoms with Crippen molar-refractivity contribution >= 4 is 12.0 Å². The monoisotopic (exact) mass is 300 g/mol. The number of furan rings is 1. The third-order valence-electron chi connectivity index (χ3n) is 3.08. The molecule has 0 aromatic carbocycles. The highest BCUT2D eigenvalue weighted by Gasteiger charge is 2.01. The fraction of sp³-hybridized carbons (Fsp3) is 0.316. The maximum Gasteiger partial charge on any atom is 0.330 e. The summed E-state index contributed by atoms with van der Waals surface area (Å²) in [5.74, 6) is 0.612. The minimum atomic E-state index is -0.309. The van der Waals surface area contributed by atoms with Gasteiger partial charge in [-0.15, -0.1) is 0 Å². The predicted molar refractivity (Wildman–Crippen MR) is 90.5 cm³/mol. The van der Waals surface area contributed by atoms with Gasteiger partial charge in [-0.1, -0.05) is 36.0 Å². The molecule has 0 spiro atoms. The third kappa shape index (κ3) is 6.00. The zero-order chi connectivity index (χ0) is 16.5. The van der Waals surface area contributed by atoms with Crippen LogP contribution in [0.2, 0.25) is 0 Å². The molecule has 0 N–H and O–H groups in total. The first-order chi connectivity index (χ1) is 10.4. The molecule has 1 heterocycles. The van der Waals surface area contributed by atoms with E-state index in [9.17, 15) is 4.79 Å². The molecule has 0 amide bonds. The van der Waals surface area contributed by atoms with E-state index in [1.165, 1.54) is 6.08 Å². The molecule has 1 aromatic rings. The highest BCUT2D eigenvalue weighted by molar-refractivity contribution is 5.83. The molecule has 118 valence electrons. The Morgan fingerprint density at radius 3 is 2.55 bits per heavy atom. The lowest BCUT2D eigenvalue weighted by Gasteiger charge is -1.96.